The highest BCUT2D eigenvalue weighted by Crippen LogP contribution is 2.34. The Bertz CT molecular complexity index is 850. The molecule has 0 aliphatic heterocycles. The van der Waals surface area contributed by atoms with Crippen molar-refractivity contribution in [3.05, 3.63) is 29.3 Å². The molecule has 1 rings (SSSR count). The first kappa shape index (κ1) is 32.1. The van der Waals surface area contributed by atoms with E-state index in [9.17, 15) is 36.2 Å². The second-order valence-electron chi connectivity index (χ2n) is 9.01. The third-order valence-corrected chi connectivity index (χ3v) is 6.80. The zero-order valence-corrected chi connectivity index (χ0v) is 21.2. The van der Waals surface area contributed by atoms with Gasteiger partial charge in [0, 0.05) is 12.1 Å². The fraction of sp³-hybridized carbons (Fsp3) is 0.680. The number of thioether (sulfide) groups is 1. The Morgan fingerprint density at radius 1 is 0.917 bits per heavy atom. The van der Waals surface area contributed by atoms with E-state index in [1.165, 1.54) is 19.1 Å². The summed E-state index contributed by atoms with van der Waals surface area (Å²) in [6.45, 7) is 1.32. The zero-order chi connectivity index (χ0) is 27.2. The van der Waals surface area contributed by atoms with Gasteiger partial charge in [0.05, 0.1) is 17.2 Å². The van der Waals surface area contributed by atoms with Crippen molar-refractivity contribution in [1.29, 1.82) is 5.26 Å². The molecule has 0 radical (unpaired) electrons. The number of aliphatic hydroxyl groups is 1. The molecule has 0 fully saturated rings. The summed E-state index contributed by atoms with van der Waals surface area (Å²) in [4.78, 5) is 12.4. The highest BCUT2D eigenvalue weighted by atomic mass is 32.2. The summed E-state index contributed by atoms with van der Waals surface area (Å²) in [6, 6.07) is 4.32. The standard InChI is InChI=1S/C25H34F6N2O2S/c1-23(35,22(34)33-20-12-11-19(18-32)21(17-20)25(29,30)31)13-8-6-4-2-3-5-7-9-15-36-16-10-14-24(26,27)28/h11-12,17,35H,2-10,13-16H2,1H3,(H,33,34). The number of amides is 1. The first-order valence-electron chi connectivity index (χ1n) is 12.1. The maximum Gasteiger partial charge on any atom is 0.417 e. The molecule has 0 aliphatic rings. The van der Waals surface area contributed by atoms with Gasteiger partial charge in [0.15, 0.2) is 0 Å². The number of alkyl halides is 6. The number of carbonyl (C=O) groups excluding carboxylic acids is 1. The van der Waals surface area contributed by atoms with Crippen molar-refractivity contribution >= 4 is 23.4 Å². The summed E-state index contributed by atoms with van der Waals surface area (Å²) in [5.74, 6) is 0.592. The molecule has 0 bridgehead atoms. The molecule has 1 amide bonds. The van der Waals surface area contributed by atoms with Crippen LogP contribution in [0.25, 0.3) is 0 Å². The van der Waals surface area contributed by atoms with E-state index in [4.69, 9.17) is 5.26 Å². The molecule has 0 saturated carbocycles. The number of anilines is 1. The van der Waals surface area contributed by atoms with Gasteiger partial charge >= 0.3 is 12.4 Å². The molecule has 1 atom stereocenters. The molecule has 0 saturated heterocycles. The van der Waals surface area contributed by atoms with E-state index < -0.39 is 41.4 Å². The van der Waals surface area contributed by atoms with E-state index in [1.807, 2.05) is 0 Å². The Kier molecular flexibility index (Phi) is 13.7. The largest absolute Gasteiger partial charge is 0.417 e. The van der Waals surface area contributed by atoms with E-state index >= 15 is 0 Å². The van der Waals surface area contributed by atoms with Crippen molar-refractivity contribution in [2.24, 2.45) is 0 Å². The molecular weight excluding hydrogens is 506 g/mol. The minimum Gasteiger partial charge on any atom is -0.380 e. The Morgan fingerprint density at radius 3 is 2.03 bits per heavy atom. The van der Waals surface area contributed by atoms with E-state index in [0.29, 0.717) is 18.2 Å². The molecule has 2 N–H and O–H groups in total. The fourth-order valence-corrected chi connectivity index (χ4v) is 4.50. The normalized spacial score (nSPS) is 13.8. The lowest BCUT2D eigenvalue weighted by Crippen LogP contribution is -2.40. The second-order valence-corrected chi connectivity index (χ2v) is 10.2. The van der Waals surface area contributed by atoms with Gasteiger partial charge in [-0.25, -0.2) is 0 Å². The van der Waals surface area contributed by atoms with E-state index in [-0.39, 0.29) is 18.5 Å². The van der Waals surface area contributed by atoms with Crippen LogP contribution in [0.1, 0.15) is 88.7 Å². The number of rotatable bonds is 16. The highest BCUT2D eigenvalue weighted by Gasteiger charge is 2.35. The fourth-order valence-electron chi connectivity index (χ4n) is 3.54. The Balaban J connectivity index is 2.19. The van der Waals surface area contributed by atoms with Gasteiger partial charge in [-0.05, 0) is 55.9 Å². The summed E-state index contributed by atoms with van der Waals surface area (Å²) in [5, 5.41) is 21.6. The van der Waals surface area contributed by atoms with Crippen LogP contribution in [0.4, 0.5) is 32.0 Å². The Labute approximate surface area is 212 Å². The van der Waals surface area contributed by atoms with Crippen LogP contribution >= 0.6 is 11.8 Å². The highest BCUT2D eigenvalue weighted by molar-refractivity contribution is 7.99. The lowest BCUT2D eigenvalue weighted by atomic mass is 9.96. The minimum atomic E-state index is -4.74. The van der Waals surface area contributed by atoms with E-state index in [0.717, 1.165) is 56.8 Å². The summed E-state index contributed by atoms with van der Waals surface area (Å²) in [5.41, 5.74) is -3.59. The van der Waals surface area contributed by atoms with Crippen molar-refractivity contribution in [1.82, 2.24) is 0 Å². The molecule has 0 spiro atoms. The molecule has 1 unspecified atom stereocenters. The van der Waals surface area contributed by atoms with E-state index in [2.05, 4.69) is 5.32 Å². The van der Waals surface area contributed by atoms with Crippen LogP contribution in [-0.2, 0) is 11.0 Å². The topological polar surface area (TPSA) is 73.1 Å². The quantitative estimate of drug-likeness (QED) is 0.165. The van der Waals surface area contributed by atoms with Crippen molar-refractivity contribution in [2.75, 3.05) is 16.8 Å². The number of benzene rings is 1. The maximum atomic E-state index is 13.1. The molecular formula is C25H34F6N2O2S. The van der Waals surface area contributed by atoms with Crippen LogP contribution in [0, 0.1) is 11.3 Å². The van der Waals surface area contributed by atoms with Crippen LogP contribution < -0.4 is 5.32 Å². The van der Waals surface area contributed by atoms with Crippen molar-refractivity contribution in [3.8, 4) is 6.07 Å². The third-order valence-electron chi connectivity index (χ3n) is 5.64. The van der Waals surface area contributed by atoms with Crippen molar-refractivity contribution < 1.29 is 36.2 Å². The van der Waals surface area contributed by atoms with Gasteiger partial charge in [0.25, 0.3) is 5.91 Å². The summed E-state index contributed by atoms with van der Waals surface area (Å²) in [7, 11) is 0. The molecule has 0 aromatic heterocycles. The molecule has 1 aromatic rings. The molecule has 36 heavy (non-hydrogen) atoms. The molecule has 0 heterocycles. The summed E-state index contributed by atoms with van der Waals surface area (Å²) >= 11 is 1.56. The minimum absolute atomic E-state index is 0.147. The number of nitrogens with one attached hydrogen (secondary N) is 1. The summed E-state index contributed by atoms with van der Waals surface area (Å²) < 4.78 is 75.4. The first-order chi connectivity index (χ1) is 16.8. The number of hydrogen-bond acceptors (Lipinski definition) is 4. The molecule has 1 aromatic carbocycles. The predicted molar refractivity (Wildman–Crippen MR) is 130 cm³/mol. The third kappa shape index (κ3) is 13.4. The number of carbonyl (C=O) groups is 1. The zero-order valence-electron chi connectivity index (χ0n) is 20.4. The SMILES string of the molecule is CC(O)(CCCCCCCCCCSCCCC(F)(F)F)C(=O)Nc1ccc(C#N)c(C(F)(F)F)c1. The lowest BCUT2D eigenvalue weighted by molar-refractivity contribution is -0.138. The average molecular weight is 541 g/mol. The van der Waals surface area contributed by atoms with Gasteiger partial charge in [-0.15, -0.1) is 0 Å². The molecule has 204 valence electrons. The Hall–Kier alpha value is -1.93. The van der Waals surface area contributed by atoms with Gasteiger partial charge in [0.1, 0.15) is 5.60 Å². The van der Waals surface area contributed by atoms with Crippen molar-refractivity contribution in [2.45, 2.75) is 95.5 Å². The maximum absolute atomic E-state index is 13.1. The van der Waals surface area contributed by atoms with Gasteiger partial charge < -0.3 is 10.4 Å². The lowest BCUT2D eigenvalue weighted by Gasteiger charge is -2.22. The van der Waals surface area contributed by atoms with Gasteiger partial charge in [-0.1, -0.05) is 44.9 Å². The van der Waals surface area contributed by atoms with Gasteiger partial charge in [-0.2, -0.15) is 43.4 Å². The number of hydrogen-bond donors (Lipinski definition) is 2. The molecule has 0 aliphatic carbocycles. The van der Waals surface area contributed by atoms with E-state index in [1.54, 1.807) is 11.8 Å². The van der Waals surface area contributed by atoms with Crippen LogP contribution in [0.2, 0.25) is 0 Å². The van der Waals surface area contributed by atoms with Crippen LogP contribution in [0.15, 0.2) is 18.2 Å². The average Bonchev–Trinajstić information content (AvgIpc) is 2.77. The second kappa shape index (κ2) is 15.4. The number of nitriles is 1. The smallest absolute Gasteiger partial charge is 0.380 e. The number of halogens is 6. The van der Waals surface area contributed by atoms with Crippen LogP contribution in [-0.4, -0.2) is 34.3 Å². The molecule has 11 heteroatoms. The van der Waals surface area contributed by atoms with Crippen LogP contribution in [0.3, 0.4) is 0 Å². The summed E-state index contributed by atoms with van der Waals surface area (Å²) in [6.07, 6.45) is -1.80. The first-order valence-corrected chi connectivity index (χ1v) is 13.2. The van der Waals surface area contributed by atoms with Crippen molar-refractivity contribution in [3.63, 3.8) is 0 Å². The monoisotopic (exact) mass is 540 g/mol. The Morgan fingerprint density at radius 2 is 1.47 bits per heavy atom. The predicted octanol–water partition coefficient (Wildman–Crippen LogP) is 7.85. The van der Waals surface area contributed by atoms with Crippen LogP contribution in [0.5, 0.6) is 0 Å². The molecule has 4 nitrogen and oxygen atoms in total. The number of nitrogens with zero attached hydrogens (tertiary/aromatic N) is 1. The van der Waals surface area contributed by atoms with Gasteiger partial charge in [0.2, 0.25) is 0 Å². The van der Waals surface area contributed by atoms with Gasteiger partial charge in [-0.3, -0.25) is 4.79 Å². The number of unbranched alkanes of at least 4 members (excludes halogenated alkanes) is 7.